The van der Waals surface area contributed by atoms with Gasteiger partial charge in [0.05, 0.1) is 10.6 Å². The van der Waals surface area contributed by atoms with Gasteiger partial charge in [-0.25, -0.2) is 4.98 Å². The number of nitrogens with zero attached hydrogens (tertiary/aromatic N) is 1. The molecule has 0 atom stereocenters. The van der Waals surface area contributed by atoms with E-state index in [-0.39, 0.29) is 5.91 Å². The largest absolute Gasteiger partial charge is 0.388 e. The van der Waals surface area contributed by atoms with Crippen LogP contribution in [0.3, 0.4) is 0 Å². The van der Waals surface area contributed by atoms with Gasteiger partial charge < -0.3 is 10.4 Å². The summed E-state index contributed by atoms with van der Waals surface area (Å²) in [4.78, 5) is 16.1. The van der Waals surface area contributed by atoms with Crippen LogP contribution in [0, 0.1) is 0 Å². The highest BCUT2D eigenvalue weighted by molar-refractivity contribution is 7.98. The van der Waals surface area contributed by atoms with E-state index in [1.54, 1.807) is 18.3 Å². The summed E-state index contributed by atoms with van der Waals surface area (Å²) in [6.45, 7) is 0.336. The van der Waals surface area contributed by atoms with E-state index in [9.17, 15) is 9.90 Å². The Balaban J connectivity index is 1.94. The van der Waals surface area contributed by atoms with Crippen molar-refractivity contribution in [3.63, 3.8) is 0 Å². The fraction of sp³-hybridized carbons (Fsp3) is 0.538. The van der Waals surface area contributed by atoms with Crippen molar-refractivity contribution in [2.75, 3.05) is 12.8 Å². The van der Waals surface area contributed by atoms with Gasteiger partial charge in [0.2, 0.25) is 0 Å². The van der Waals surface area contributed by atoms with E-state index in [2.05, 4.69) is 10.3 Å². The molecule has 98 valence electrons. The van der Waals surface area contributed by atoms with Crippen molar-refractivity contribution in [1.82, 2.24) is 10.3 Å². The summed E-state index contributed by atoms with van der Waals surface area (Å²) in [6, 6.07) is 3.45. The van der Waals surface area contributed by atoms with Gasteiger partial charge in [-0.3, -0.25) is 4.79 Å². The Kier molecular flexibility index (Phi) is 4.24. The zero-order valence-electron chi connectivity index (χ0n) is 10.5. The Morgan fingerprint density at radius 2 is 2.28 bits per heavy atom. The summed E-state index contributed by atoms with van der Waals surface area (Å²) >= 11 is 1.50. The summed E-state index contributed by atoms with van der Waals surface area (Å²) in [5.74, 6) is -0.145. The average molecular weight is 266 g/mol. The third-order valence-corrected chi connectivity index (χ3v) is 3.96. The number of hydrogen-bond acceptors (Lipinski definition) is 4. The number of amides is 1. The normalized spacial score (nSPS) is 17.7. The molecule has 0 spiro atoms. The molecule has 1 aromatic heterocycles. The highest BCUT2D eigenvalue weighted by Gasteiger charge is 2.31. The quantitative estimate of drug-likeness (QED) is 0.816. The number of nitrogens with one attached hydrogen (secondary N) is 1. The molecule has 2 rings (SSSR count). The van der Waals surface area contributed by atoms with Crippen LogP contribution in [0.1, 0.15) is 36.0 Å². The monoisotopic (exact) mass is 266 g/mol. The Hall–Kier alpha value is -1.07. The van der Waals surface area contributed by atoms with Crippen molar-refractivity contribution >= 4 is 17.7 Å². The number of pyridine rings is 1. The first-order chi connectivity index (χ1) is 8.63. The van der Waals surface area contributed by atoms with Crippen molar-refractivity contribution in [3.8, 4) is 0 Å². The van der Waals surface area contributed by atoms with Gasteiger partial charge in [-0.05, 0) is 31.2 Å². The Labute approximate surface area is 111 Å². The van der Waals surface area contributed by atoms with Crippen molar-refractivity contribution < 1.29 is 9.90 Å². The van der Waals surface area contributed by atoms with E-state index >= 15 is 0 Å². The van der Waals surface area contributed by atoms with Crippen LogP contribution in [-0.2, 0) is 0 Å². The number of hydrogen-bond donors (Lipinski definition) is 2. The van der Waals surface area contributed by atoms with Gasteiger partial charge in [-0.15, -0.1) is 11.8 Å². The van der Waals surface area contributed by atoms with Crippen molar-refractivity contribution in [1.29, 1.82) is 0 Å². The molecule has 1 aromatic rings. The second kappa shape index (κ2) is 5.71. The number of carbonyl (C=O) groups is 1. The first-order valence-electron chi connectivity index (χ1n) is 6.14. The van der Waals surface area contributed by atoms with Crippen LogP contribution in [0.25, 0.3) is 0 Å². The standard InChI is InChI=1S/C13H18N2O2S/c1-18-11-8-10(4-7-14-11)12(16)15-9-13(17)5-2-3-6-13/h4,7-8,17H,2-3,5-6,9H2,1H3,(H,15,16). The molecule has 1 aliphatic rings. The first kappa shape index (κ1) is 13.4. The average Bonchev–Trinajstić information content (AvgIpc) is 2.83. The number of aromatic nitrogens is 1. The number of rotatable bonds is 4. The molecular weight excluding hydrogens is 248 g/mol. The van der Waals surface area contributed by atoms with Crippen LogP contribution in [0.2, 0.25) is 0 Å². The summed E-state index contributed by atoms with van der Waals surface area (Å²) in [5, 5.41) is 13.8. The molecule has 0 unspecified atom stereocenters. The number of thioether (sulfide) groups is 1. The minimum atomic E-state index is -0.703. The molecule has 1 fully saturated rings. The summed E-state index contributed by atoms with van der Waals surface area (Å²) < 4.78 is 0. The van der Waals surface area contributed by atoms with Gasteiger partial charge >= 0.3 is 0 Å². The zero-order valence-corrected chi connectivity index (χ0v) is 11.3. The second-order valence-corrected chi connectivity index (χ2v) is 5.53. The SMILES string of the molecule is CSc1cc(C(=O)NCC2(O)CCCC2)ccn1. The third-order valence-electron chi connectivity index (χ3n) is 3.32. The predicted octanol–water partition coefficient (Wildman–Crippen LogP) is 1.84. The smallest absolute Gasteiger partial charge is 0.251 e. The van der Waals surface area contributed by atoms with Gasteiger partial charge in [0.25, 0.3) is 5.91 Å². The van der Waals surface area contributed by atoms with Gasteiger partial charge in [0.1, 0.15) is 0 Å². The highest BCUT2D eigenvalue weighted by Crippen LogP contribution is 2.28. The van der Waals surface area contributed by atoms with E-state index in [1.807, 2.05) is 6.26 Å². The molecule has 4 nitrogen and oxygen atoms in total. The van der Waals surface area contributed by atoms with Gasteiger partial charge in [-0.1, -0.05) is 12.8 Å². The fourth-order valence-electron chi connectivity index (χ4n) is 2.22. The van der Waals surface area contributed by atoms with E-state index < -0.39 is 5.60 Å². The van der Waals surface area contributed by atoms with Crippen molar-refractivity contribution in [3.05, 3.63) is 23.9 Å². The summed E-state index contributed by atoms with van der Waals surface area (Å²) in [7, 11) is 0. The number of aliphatic hydroxyl groups is 1. The maximum Gasteiger partial charge on any atom is 0.251 e. The van der Waals surface area contributed by atoms with Gasteiger partial charge in [0.15, 0.2) is 0 Å². The third kappa shape index (κ3) is 3.23. The second-order valence-electron chi connectivity index (χ2n) is 4.70. The van der Waals surface area contributed by atoms with Crippen LogP contribution in [-0.4, -0.2) is 34.4 Å². The molecular formula is C13H18N2O2S. The van der Waals surface area contributed by atoms with Crippen molar-refractivity contribution in [2.45, 2.75) is 36.3 Å². The van der Waals surface area contributed by atoms with Crippen LogP contribution < -0.4 is 5.32 Å². The van der Waals surface area contributed by atoms with Crippen LogP contribution >= 0.6 is 11.8 Å². The van der Waals surface area contributed by atoms with Crippen LogP contribution in [0.4, 0.5) is 0 Å². The molecule has 2 N–H and O–H groups in total. The molecule has 0 aromatic carbocycles. The highest BCUT2D eigenvalue weighted by atomic mass is 32.2. The molecule has 0 saturated heterocycles. The fourth-order valence-corrected chi connectivity index (χ4v) is 2.63. The first-order valence-corrected chi connectivity index (χ1v) is 7.36. The topological polar surface area (TPSA) is 62.2 Å². The van der Waals surface area contributed by atoms with Gasteiger partial charge in [-0.2, -0.15) is 0 Å². The Bertz CT molecular complexity index is 431. The lowest BCUT2D eigenvalue weighted by Crippen LogP contribution is -2.40. The Morgan fingerprint density at radius 1 is 1.56 bits per heavy atom. The van der Waals surface area contributed by atoms with Gasteiger partial charge in [0, 0.05) is 18.3 Å². The lowest BCUT2D eigenvalue weighted by molar-refractivity contribution is 0.0449. The summed E-state index contributed by atoms with van der Waals surface area (Å²) in [5.41, 5.74) is -0.110. The van der Waals surface area contributed by atoms with Crippen LogP contribution in [0.5, 0.6) is 0 Å². The van der Waals surface area contributed by atoms with E-state index in [0.29, 0.717) is 12.1 Å². The lowest BCUT2D eigenvalue weighted by Gasteiger charge is -2.22. The Morgan fingerprint density at radius 3 is 2.94 bits per heavy atom. The minimum absolute atomic E-state index is 0.145. The molecule has 1 heterocycles. The molecule has 0 radical (unpaired) electrons. The summed E-state index contributed by atoms with van der Waals surface area (Å²) in [6.07, 6.45) is 7.19. The van der Waals surface area contributed by atoms with E-state index in [1.165, 1.54) is 11.8 Å². The molecule has 1 amide bonds. The maximum atomic E-state index is 12.0. The zero-order chi connectivity index (χ0) is 13.0. The number of carbonyl (C=O) groups excluding carboxylic acids is 1. The molecule has 0 bridgehead atoms. The lowest BCUT2D eigenvalue weighted by atomic mass is 10.0. The molecule has 1 saturated carbocycles. The molecule has 1 aliphatic carbocycles. The van der Waals surface area contributed by atoms with E-state index in [0.717, 1.165) is 30.7 Å². The van der Waals surface area contributed by atoms with Crippen molar-refractivity contribution in [2.24, 2.45) is 0 Å². The minimum Gasteiger partial charge on any atom is -0.388 e. The molecule has 18 heavy (non-hydrogen) atoms. The van der Waals surface area contributed by atoms with Crippen LogP contribution in [0.15, 0.2) is 23.4 Å². The molecule has 0 aliphatic heterocycles. The van der Waals surface area contributed by atoms with E-state index in [4.69, 9.17) is 0 Å². The predicted molar refractivity (Wildman–Crippen MR) is 71.8 cm³/mol. The molecule has 5 heteroatoms. The maximum absolute atomic E-state index is 12.0.